The summed E-state index contributed by atoms with van der Waals surface area (Å²) in [5, 5.41) is 17.0. The fourth-order valence-electron chi connectivity index (χ4n) is 3.17. The lowest BCUT2D eigenvalue weighted by Gasteiger charge is -2.30. The first kappa shape index (κ1) is 20.7. The number of anilines is 2. The molecule has 1 amide bonds. The van der Waals surface area contributed by atoms with Gasteiger partial charge in [0, 0.05) is 30.9 Å². The molecule has 2 aromatic carbocycles. The van der Waals surface area contributed by atoms with Gasteiger partial charge in [-0.1, -0.05) is 25.1 Å². The fraction of sp³-hybridized carbons (Fsp3) is 0.300. The highest BCUT2D eigenvalue weighted by Crippen LogP contribution is 2.26. The summed E-state index contributed by atoms with van der Waals surface area (Å²) >= 11 is 5.29. The smallest absolute Gasteiger partial charge is 0.270 e. The molecule has 2 aromatic rings. The van der Waals surface area contributed by atoms with Crippen LogP contribution in [0.2, 0.25) is 0 Å². The van der Waals surface area contributed by atoms with Crippen molar-refractivity contribution in [2.45, 2.75) is 13.3 Å². The fourth-order valence-corrected chi connectivity index (χ4v) is 3.38. The van der Waals surface area contributed by atoms with Crippen molar-refractivity contribution >= 4 is 40.3 Å². The van der Waals surface area contributed by atoms with Gasteiger partial charge in [0.05, 0.1) is 29.4 Å². The van der Waals surface area contributed by atoms with Gasteiger partial charge in [0.25, 0.3) is 11.6 Å². The Balaban J connectivity index is 1.82. The van der Waals surface area contributed by atoms with Crippen molar-refractivity contribution in [3.63, 3.8) is 0 Å². The molecule has 8 nitrogen and oxygen atoms in total. The van der Waals surface area contributed by atoms with E-state index < -0.39 is 10.8 Å². The summed E-state index contributed by atoms with van der Waals surface area (Å²) in [6.07, 6.45) is 0.811. The second kappa shape index (κ2) is 9.44. The Bertz CT molecular complexity index is 928. The molecule has 29 heavy (non-hydrogen) atoms. The summed E-state index contributed by atoms with van der Waals surface area (Å²) in [5.41, 5.74) is 2.55. The molecule has 1 aliphatic rings. The topological polar surface area (TPSA) is 96.7 Å². The van der Waals surface area contributed by atoms with Crippen LogP contribution in [0.5, 0.6) is 0 Å². The maximum absolute atomic E-state index is 12.9. The summed E-state index contributed by atoms with van der Waals surface area (Å²) in [4.78, 5) is 25.6. The highest BCUT2D eigenvalue weighted by molar-refractivity contribution is 7.80. The van der Waals surface area contributed by atoms with Gasteiger partial charge < -0.3 is 15.0 Å². The van der Waals surface area contributed by atoms with Crippen LogP contribution in [0.3, 0.4) is 0 Å². The SMILES string of the molecule is CCc1ccccc1NC(=S)NC(=O)c1cc([N+](=O)[O-])ccc1N1CCOCC1. The molecule has 0 aromatic heterocycles. The van der Waals surface area contributed by atoms with E-state index in [1.165, 1.54) is 12.1 Å². The number of nitrogens with one attached hydrogen (secondary N) is 2. The Labute approximate surface area is 174 Å². The van der Waals surface area contributed by atoms with Crippen LogP contribution in [0.1, 0.15) is 22.8 Å². The zero-order valence-corrected chi connectivity index (χ0v) is 16.8. The Morgan fingerprint density at radius 2 is 1.97 bits per heavy atom. The second-order valence-corrected chi connectivity index (χ2v) is 6.89. The average molecular weight is 414 g/mol. The Hall–Kier alpha value is -3.04. The van der Waals surface area contributed by atoms with Gasteiger partial charge in [-0.05, 0) is 36.3 Å². The Morgan fingerprint density at radius 1 is 1.24 bits per heavy atom. The number of aryl methyl sites for hydroxylation is 1. The van der Waals surface area contributed by atoms with Gasteiger partial charge in [-0.3, -0.25) is 20.2 Å². The summed E-state index contributed by atoms with van der Waals surface area (Å²) in [7, 11) is 0. The first-order valence-electron chi connectivity index (χ1n) is 9.31. The van der Waals surface area contributed by atoms with Crippen molar-refractivity contribution in [3.05, 3.63) is 63.7 Å². The number of hydrogen-bond acceptors (Lipinski definition) is 6. The second-order valence-electron chi connectivity index (χ2n) is 6.48. The molecule has 2 N–H and O–H groups in total. The standard InChI is InChI=1S/C20H22N4O4S/c1-2-14-5-3-4-6-17(14)21-20(29)22-19(25)16-13-15(24(26)27)7-8-18(16)23-9-11-28-12-10-23/h3-8,13H,2,9-12H2,1H3,(H2,21,22,25,29). The molecule has 9 heteroatoms. The van der Waals surface area contributed by atoms with Crippen LogP contribution in [0.4, 0.5) is 17.1 Å². The van der Waals surface area contributed by atoms with Crippen LogP contribution in [0, 0.1) is 10.1 Å². The number of rotatable bonds is 5. The number of nitro groups is 1. The highest BCUT2D eigenvalue weighted by Gasteiger charge is 2.22. The molecule has 1 saturated heterocycles. The van der Waals surface area contributed by atoms with Crippen LogP contribution in [0.15, 0.2) is 42.5 Å². The molecule has 0 unspecified atom stereocenters. The van der Waals surface area contributed by atoms with Gasteiger partial charge in [-0.25, -0.2) is 0 Å². The predicted octanol–water partition coefficient (Wildman–Crippen LogP) is 3.12. The molecule has 0 spiro atoms. The lowest BCUT2D eigenvalue weighted by atomic mass is 10.1. The molecule has 1 aliphatic heterocycles. The third-order valence-corrected chi connectivity index (χ3v) is 4.87. The van der Waals surface area contributed by atoms with Crippen molar-refractivity contribution < 1.29 is 14.5 Å². The number of benzene rings is 2. The van der Waals surface area contributed by atoms with E-state index in [1.54, 1.807) is 6.07 Å². The van der Waals surface area contributed by atoms with Crippen molar-refractivity contribution in [2.75, 3.05) is 36.5 Å². The number of para-hydroxylation sites is 1. The molecular weight excluding hydrogens is 392 g/mol. The number of carbonyl (C=O) groups is 1. The molecule has 0 aliphatic carbocycles. The zero-order chi connectivity index (χ0) is 20.8. The van der Waals surface area contributed by atoms with Gasteiger partial charge in [-0.2, -0.15) is 0 Å². The van der Waals surface area contributed by atoms with Crippen LogP contribution < -0.4 is 15.5 Å². The maximum atomic E-state index is 12.9. The molecular formula is C20H22N4O4S. The van der Waals surface area contributed by atoms with E-state index in [-0.39, 0.29) is 16.4 Å². The Kier molecular flexibility index (Phi) is 6.73. The lowest BCUT2D eigenvalue weighted by molar-refractivity contribution is -0.384. The van der Waals surface area contributed by atoms with Crippen LogP contribution >= 0.6 is 12.2 Å². The Morgan fingerprint density at radius 3 is 2.66 bits per heavy atom. The third-order valence-electron chi connectivity index (χ3n) is 4.66. The normalized spacial score (nSPS) is 13.6. The van der Waals surface area contributed by atoms with E-state index in [4.69, 9.17) is 17.0 Å². The minimum atomic E-state index is -0.520. The molecule has 1 fully saturated rings. The summed E-state index contributed by atoms with van der Waals surface area (Å²) in [6, 6.07) is 11.9. The van der Waals surface area contributed by atoms with Crippen LogP contribution in [-0.2, 0) is 11.2 Å². The highest BCUT2D eigenvalue weighted by atomic mass is 32.1. The van der Waals surface area contributed by atoms with E-state index >= 15 is 0 Å². The average Bonchev–Trinajstić information content (AvgIpc) is 2.74. The number of nitro benzene ring substituents is 1. The number of non-ortho nitro benzene ring substituents is 1. The number of carbonyl (C=O) groups excluding carboxylic acids is 1. The van der Waals surface area contributed by atoms with Crippen LogP contribution in [-0.4, -0.2) is 42.2 Å². The maximum Gasteiger partial charge on any atom is 0.270 e. The van der Waals surface area contributed by atoms with Gasteiger partial charge in [0.2, 0.25) is 0 Å². The van der Waals surface area contributed by atoms with E-state index in [2.05, 4.69) is 10.6 Å². The van der Waals surface area contributed by atoms with Crippen molar-refractivity contribution in [3.8, 4) is 0 Å². The number of hydrogen-bond donors (Lipinski definition) is 2. The molecule has 0 atom stereocenters. The monoisotopic (exact) mass is 414 g/mol. The molecule has 0 saturated carbocycles. The first-order chi connectivity index (χ1) is 14.0. The van der Waals surface area contributed by atoms with Gasteiger partial charge in [0.1, 0.15) is 0 Å². The molecule has 0 bridgehead atoms. The zero-order valence-electron chi connectivity index (χ0n) is 16.0. The van der Waals surface area contributed by atoms with Crippen molar-refractivity contribution in [1.82, 2.24) is 5.32 Å². The minimum Gasteiger partial charge on any atom is -0.378 e. The first-order valence-corrected chi connectivity index (χ1v) is 9.71. The van der Waals surface area contributed by atoms with E-state index in [0.717, 1.165) is 17.7 Å². The lowest BCUT2D eigenvalue weighted by Crippen LogP contribution is -2.39. The summed E-state index contributed by atoms with van der Waals surface area (Å²) in [6.45, 7) is 4.30. The third kappa shape index (κ3) is 5.07. The number of amides is 1. The number of nitrogens with zero attached hydrogens (tertiary/aromatic N) is 2. The molecule has 1 heterocycles. The number of morpholine rings is 1. The number of thiocarbonyl (C=S) groups is 1. The molecule has 0 radical (unpaired) electrons. The van der Waals surface area contributed by atoms with Gasteiger partial charge >= 0.3 is 0 Å². The van der Waals surface area contributed by atoms with E-state index in [9.17, 15) is 14.9 Å². The van der Waals surface area contributed by atoms with E-state index in [0.29, 0.717) is 32.0 Å². The summed E-state index contributed by atoms with van der Waals surface area (Å²) in [5.74, 6) is -0.498. The predicted molar refractivity (Wildman–Crippen MR) is 116 cm³/mol. The van der Waals surface area contributed by atoms with Crippen molar-refractivity contribution in [1.29, 1.82) is 0 Å². The van der Waals surface area contributed by atoms with Crippen molar-refractivity contribution in [2.24, 2.45) is 0 Å². The minimum absolute atomic E-state index is 0.135. The van der Waals surface area contributed by atoms with Gasteiger partial charge in [0.15, 0.2) is 5.11 Å². The molecule has 3 rings (SSSR count). The quantitative estimate of drug-likeness (QED) is 0.441. The largest absolute Gasteiger partial charge is 0.378 e. The van der Waals surface area contributed by atoms with E-state index in [1.807, 2.05) is 36.1 Å². The molecule has 152 valence electrons. The number of ether oxygens (including phenoxy) is 1. The van der Waals surface area contributed by atoms with Crippen LogP contribution in [0.25, 0.3) is 0 Å². The van der Waals surface area contributed by atoms with Gasteiger partial charge in [-0.15, -0.1) is 0 Å². The summed E-state index contributed by atoms with van der Waals surface area (Å²) < 4.78 is 5.36.